The molecule has 1 heterocycles. The van der Waals surface area contributed by atoms with E-state index in [9.17, 15) is 4.39 Å². The summed E-state index contributed by atoms with van der Waals surface area (Å²) in [6, 6.07) is 7.52. The van der Waals surface area contributed by atoms with Gasteiger partial charge in [0.2, 0.25) is 0 Å². The Morgan fingerprint density at radius 1 is 1.31 bits per heavy atom. The Kier molecular flexibility index (Phi) is 3.94. The van der Waals surface area contributed by atoms with Crippen LogP contribution in [0.3, 0.4) is 0 Å². The van der Waals surface area contributed by atoms with E-state index in [1.807, 2.05) is 12.1 Å². The van der Waals surface area contributed by atoms with Crippen molar-refractivity contribution < 1.29 is 4.39 Å². The Morgan fingerprint density at radius 2 is 2.06 bits per heavy atom. The van der Waals surface area contributed by atoms with Crippen LogP contribution in [0.5, 0.6) is 0 Å². The molecule has 1 aliphatic rings. The lowest BCUT2D eigenvalue weighted by Gasteiger charge is -2.28. The predicted octanol–water partition coefficient (Wildman–Crippen LogP) is 3.15. The van der Waals surface area contributed by atoms with Gasteiger partial charge in [-0.05, 0) is 55.8 Å². The monoisotopic (exact) mass is 221 g/mol. The number of hydrogen-bond acceptors (Lipinski definition) is 1. The summed E-state index contributed by atoms with van der Waals surface area (Å²) < 4.78 is 12.7. The minimum Gasteiger partial charge on any atom is -0.314 e. The fourth-order valence-corrected chi connectivity index (χ4v) is 2.43. The molecule has 1 nitrogen and oxygen atoms in total. The van der Waals surface area contributed by atoms with Crippen LogP contribution in [-0.4, -0.2) is 12.6 Å². The first kappa shape index (κ1) is 11.6. The third kappa shape index (κ3) is 3.31. The van der Waals surface area contributed by atoms with Crippen LogP contribution in [0, 0.1) is 11.7 Å². The molecule has 2 unspecified atom stereocenters. The number of nitrogens with one attached hydrogen (secondary N) is 1. The van der Waals surface area contributed by atoms with Gasteiger partial charge in [0.25, 0.3) is 0 Å². The molecule has 0 radical (unpaired) electrons. The fourth-order valence-electron chi connectivity index (χ4n) is 2.43. The molecule has 16 heavy (non-hydrogen) atoms. The van der Waals surface area contributed by atoms with Crippen LogP contribution in [-0.2, 0) is 6.42 Å². The number of piperidine rings is 1. The Balaban J connectivity index is 1.80. The minimum absolute atomic E-state index is 0.145. The smallest absolute Gasteiger partial charge is 0.123 e. The maximum Gasteiger partial charge on any atom is 0.123 e. The standard InChI is InChI=1S/C14H20FN/c1-11-8-9-16-14(10-11)7-4-12-2-5-13(15)6-3-12/h2-3,5-6,11,14,16H,4,7-10H2,1H3. The van der Waals surface area contributed by atoms with Gasteiger partial charge < -0.3 is 5.32 Å². The summed E-state index contributed by atoms with van der Waals surface area (Å²) in [6.45, 7) is 3.47. The lowest BCUT2D eigenvalue weighted by molar-refractivity contribution is 0.308. The zero-order valence-electron chi connectivity index (χ0n) is 9.88. The topological polar surface area (TPSA) is 12.0 Å². The van der Waals surface area contributed by atoms with E-state index in [0.717, 1.165) is 25.3 Å². The quantitative estimate of drug-likeness (QED) is 0.826. The SMILES string of the molecule is CC1CCNC(CCc2ccc(F)cc2)C1. The Bertz CT molecular complexity index is 320. The van der Waals surface area contributed by atoms with Crippen molar-refractivity contribution in [2.45, 2.75) is 38.6 Å². The van der Waals surface area contributed by atoms with Crippen molar-refractivity contribution in [1.29, 1.82) is 0 Å². The van der Waals surface area contributed by atoms with Crippen LogP contribution >= 0.6 is 0 Å². The number of aryl methyl sites for hydroxylation is 1. The second-order valence-corrected chi connectivity index (χ2v) is 4.95. The summed E-state index contributed by atoms with van der Waals surface area (Å²) >= 11 is 0. The summed E-state index contributed by atoms with van der Waals surface area (Å²) in [7, 11) is 0. The molecule has 1 aliphatic heterocycles. The lowest BCUT2D eigenvalue weighted by Crippen LogP contribution is -2.37. The molecule has 1 aromatic carbocycles. The van der Waals surface area contributed by atoms with Crippen molar-refractivity contribution in [3.8, 4) is 0 Å². The molecular formula is C14H20FN. The van der Waals surface area contributed by atoms with E-state index in [0.29, 0.717) is 6.04 Å². The summed E-state index contributed by atoms with van der Waals surface area (Å²) in [5.74, 6) is 0.702. The van der Waals surface area contributed by atoms with E-state index in [-0.39, 0.29) is 5.82 Å². The summed E-state index contributed by atoms with van der Waals surface area (Å²) in [6.07, 6.45) is 4.79. The first-order chi connectivity index (χ1) is 7.74. The van der Waals surface area contributed by atoms with Crippen LogP contribution in [0.15, 0.2) is 24.3 Å². The van der Waals surface area contributed by atoms with Gasteiger partial charge in [0.15, 0.2) is 0 Å². The summed E-state index contributed by atoms with van der Waals surface area (Å²) in [5.41, 5.74) is 1.24. The Morgan fingerprint density at radius 3 is 2.75 bits per heavy atom. The van der Waals surface area contributed by atoms with Crippen LogP contribution in [0.4, 0.5) is 4.39 Å². The van der Waals surface area contributed by atoms with Crippen LogP contribution in [0.2, 0.25) is 0 Å². The van der Waals surface area contributed by atoms with Crippen LogP contribution in [0.1, 0.15) is 31.7 Å². The summed E-state index contributed by atoms with van der Waals surface area (Å²) in [4.78, 5) is 0. The van der Waals surface area contributed by atoms with Gasteiger partial charge in [-0.3, -0.25) is 0 Å². The van der Waals surface area contributed by atoms with Crippen molar-refractivity contribution in [3.63, 3.8) is 0 Å². The third-order valence-electron chi connectivity index (χ3n) is 3.45. The molecule has 0 amide bonds. The Labute approximate surface area is 97.1 Å². The number of hydrogen-bond donors (Lipinski definition) is 1. The van der Waals surface area contributed by atoms with Gasteiger partial charge in [0, 0.05) is 6.04 Å². The van der Waals surface area contributed by atoms with Gasteiger partial charge in [-0.2, -0.15) is 0 Å². The normalized spacial score (nSPS) is 25.6. The third-order valence-corrected chi connectivity index (χ3v) is 3.45. The zero-order chi connectivity index (χ0) is 11.4. The molecule has 1 fully saturated rings. The van der Waals surface area contributed by atoms with Crippen molar-refractivity contribution >= 4 is 0 Å². The second-order valence-electron chi connectivity index (χ2n) is 4.95. The molecule has 0 aliphatic carbocycles. The molecule has 2 heteroatoms. The largest absolute Gasteiger partial charge is 0.314 e. The van der Waals surface area contributed by atoms with E-state index in [2.05, 4.69) is 12.2 Å². The molecule has 0 spiro atoms. The molecule has 0 saturated carbocycles. The highest BCUT2D eigenvalue weighted by molar-refractivity contribution is 5.16. The van der Waals surface area contributed by atoms with Crippen LogP contribution in [0.25, 0.3) is 0 Å². The van der Waals surface area contributed by atoms with Crippen molar-refractivity contribution in [2.75, 3.05) is 6.54 Å². The molecule has 0 bridgehead atoms. The van der Waals surface area contributed by atoms with Crippen molar-refractivity contribution in [3.05, 3.63) is 35.6 Å². The van der Waals surface area contributed by atoms with E-state index in [1.165, 1.54) is 18.4 Å². The molecule has 0 aromatic heterocycles. The highest BCUT2D eigenvalue weighted by Gasteiger charge is 2.17. The van der Waals surface area contributed by atoms with Crippen molar-refractivity contribution in [1.82, 2.24) is 5.32 Å². The van der Waals surface area contributed by atoms with E-state index in [1.54, 1.807) is 12.1 Å². The van der Waals surface area contributed by atoms with Crippen molar-refractivity contribution in [2.24, 2.45) is 5.92 Å². The maximum absolute atomic E-state index is 12.7. The highest BCUT2D eigenvalue weighted by Crippen LogP contribution is 2.18. The first-order valence-electron chi connectivity index (χ1n) is 6.22. The number of rotatable bonds is 3. The van der Waals surface area contributed by atoms with Crippen LogP contribution < -0.4 is 5.32 Å². The van der Waals surface area contributed by atoms with Gasteiger partial charge >= 0.3 is 0 Å². The highest BCUT2D eigenvalue weighted by atomic mass is 19.1. The average molecular weight is 221 g/mol. The predicted molar refractivity (Wildman–Crippen MR) is 64.9 cm³/mol. The van der Waals surface area contributed by atoms with Gasteiger partial charge in [-0.1, -0.05) is 19.1 Å². The molecule has 1 N–H and O–H groups in total. The molecular weight excluding hydrogens is 201 g/mol. The van der Waals surface area contributed by atoms with E-state index in [4.69, 9.17) is 0 Å². The van der Waals surface area contributed by atoms with Gasteiger partial charge in [0.1, 0.15) is 5.82 Å². The molecule has 2 atom stereocenters. The second kappa shape index (κ2) is 5.44. The number of halogens is 1. The molecule has 88 valence electrons. The lowest BCUT2D eigenvalue weighted by atomic mass is 9.91. The van der Waals surface area contributed by atoms with Gasteiger partial charge in [-0.25, -0.2) is 4.39 Å². The molecule has 2 rings (SSSR count). The fraction of sp³-hybridized carbons (Fsp3) is 0.571. The molecule has 1 aromatic rings. The van der Waals surface area contributed by atoms with E-state index < -0.39 is 0 Å². The number of benzene rings is 1. The Hall–Kier alpha value is -0.890. The van der Waals surface area contributed by atoms with E-state index >= 15 is 0 Å². The first-order valence-corrected chi connectivity index (χ1v) is 6.22. The zero-order valence-corrected chi connectivity index (χ0v) is 9.88. The van der Waals surface area contributed by atoms with Gasteiger partial charge in [-0.15, -0.1) is 0 Å². The summed E-state index contributed by atoms with van der Waals surface area (Å²) in [5, 5.41) is 3.56. The molecule has 1 saturated heterocycles. The average Bonchev–Trinajstić information content (AvgIpc) is 2.28. The van der Waals surface area contributed by atoms with Gasteiger partial charge in [0.05, 0.1) is 0 Å². The maximum atomic E-state index is 12.7. The minimum atomic E-state index is -0.145.